The van der Waals surface area contributed by atoms with E-state index in [9.17, 15) is 17.2 Å². The van der Waals surface area contributed by atoms with Gasteiger partial charge in [0.15, 0.2) is 0 Å². The van der Waals surface area contributed by atoms with Crippen LogP contribution in [0.2, 0.25) is 0 Å². The third kappa shape index (κ3) is 3.23. The maximum Gasteiger partial charge on any atom is 0.341 e. The van der Waals surface area contributed by atoms with Gasteiger partial charge in [-0.1, -0.05) is 6.42 Å². The fraction of sp³-hybridized carbons (Fsp3) is 0.538. The van der Waals surface area contributed by atoms with E-state index in [1.807, 2.05) is 0 Å². The molecule has 0 saturated heterocycles. The van der Waals surface area contributed by atoms with Gasteiger partial charge in [0.05, 0.1) is 4.90 Å². The summed E-state index contributed by atoms with van der Waals surface area (Å²) in [7, 11) is -4.52. The second-order valence-electron chi connectivity index (χ2n) is 4.93. The highest BCUT2D eigenvalue weighted by atomic mass is 35.5. The Morgan fingerprint density at radius 1 is 1.25 bits per heavy atom. The summed E-state index contributed by atoms with van der Waals surface area (Å²) in [4.78, 5) is -0.363. The van der Waals surface area contributed by atoms with Gasteiger partial charge in [0, 0.05) is 17.6 Å². The van der Waals surface area contributed by atoms with Crippen molar-refractivity contribution in [3.8, 4) is 0 Å². The zero-order valence-electron chi connectivity index (χ0n) is 10.7. The summed E-state index contributed by atoms with van der Waals surface area (Å²) in [6.07, 6.45) is 3.18. The van der Waals surface area contributed by atoms with E-state index in [1.54, 1.807) is 0 Å². The summed E-state index contributed by atoms with van der Waals surface area (Å²) in [6, 6.07) is 5.69. The molecule has 1 fully saturated rings. The highest BCUT2D eigenvalue weighted by Gasteiger charge is 2.28. The first-order chi connectivity index (χ1) is 9.45. The summed E-state index contributed by atoms with van der Waals surface area (Å²) in [5.74, 6) is -2.42. The van der Waals surface area contributed by atoms with Gasteiger partial charge >= 0.3 is 5.76 Å². The second kappa shape index (κ2) is 6.26. The molecule has 20 heavy (non-hydrogen) atoms. The van der Waals surface area contributed by atoms with Crippen LogP contribution in [0.4, 0.5) is 14.5 Å². The Morgan fingerprint density at radius 3 is 2.45 bits per heavy atom. The van der Waals surface area contributed by atoms with Gasteiger partial charge in [0.1, 0.15) is 0 Å². The minimum Gasteiger partial charge on any atom is -0.382 e. The zero-order chi connectivity index (χ0) is 14.8. The Kier molecular flexibility index (Phi) is 4.86. The number of halogens is 3. The van der Waals surface area contributed by atoms with E-state index in [-0.39, 0.29) is 10.9 Å². The maximum atomic E-state index is 12.4. The van der Waals surface area contributed by atoms with Crippen LogP contribution in [0.5, 0.6) is 0 Å². The molecule has 0 heterocycles. The number of hydrogen-bond donors (Lipinski definition) is 1. The first kappa shape index (κ1) is 15.5. The van der Waals surface area contributed by atoms with E-state index >= 15 is 0 Å². The van der Waals surface area contributed by atoms with E-state index in [2.05, 4.69) is 5.32 Å². The summed E-state index contributed by atoms with van der Waals surface area (Å²) >= 11 is 5.89. The van der Waals surface area contributed by atoms with Gasteiger partial charge in [0.2, 0.25) is 9.84 Å². The van der Waals surface area contributed by atoms with E-state index in [0.29, 0.717) is 11.8 Å². The number of benzene rings is 1. The standard InChI is InChI=1S/C13H16ClF2NO2S/c14-8-9-2-1-3-12(9)17-10-4-6-11(7-5-10)20(18,19)13(15)16/h4-7,9,12-13,17H,1-3,8H2. The summed E-state index contributed by atoms with van der Waals surface area (Å²) in [5, 5.41) is 3.28. The average Bonchev–Trinajstić information content (AvgIpc) is 2.86. The van der Waals surface area contributed by atoms with Crippen LogP contribution in [-0.2, 0) is 9.84 Å². The molecule has 0 bridgehead atoms. The lowest BCUT2D eigenvalue weighted by molar-refractivity contribution is 0.234. The van der Waals surface area contributed by atoms with Crippen molar-refractivity contribution in [2.24, 2.45) is 5.92 Å². The van der Waals surface area contributed by atoms with E-state index in [1.165, 1.54) is 24.3 Å². The lowest BCUT2D eigenvalue weighted by Gasteiger charge is -2.20. The van der Waals surface area contributed by atoms with Crippen LogP contribution in [0.15, 0.2) is 29.2 Å². The SMILES string of the molecule is O=S(=O)(c1ccc(NC2CCCC2CCl)cc1)C(F)F. The van der Waals surface area contributed by atoms with Gasteiger partial charge in [-0.15, -0.1) is 11.6 Å². The number of alkyl halides is 3. The van der Waals surface area contributed by atoms with Gasteiger partial charge in [-0.3, -0.25) is 0 Å². The molecular weight excluding hydrogens is 308 g/mol. The quantitative estimate of drug-likeness (QED) is 0.844. The van der Waals surface area contributed by atoms with Crippen LogP contribution in [0, 0.1) is 5.92 Å². The Bertz CT molecular complexity index is 548. The third-order valence-corrected chi connectivity index (χ3v) is 5.42. The van der Waals surface area contributed by atoms with Crippen molar-refractivity contribution >= 4 is 27.1 Å². The summed E-state index contributed by atoms with van der Waals surface area (Å²) in [6.45, 7) is 0. The lowest BCUT2D eigenvalue weighted by atomic mass is 10.1. The molecule has 3 nitrogen and oxygen atoms in total. The second-order valence-corrected chi connectivity index (χ2v) is 7.15. The molecule has 0 aromatic heterocycles. The fourth-order valence-electron chi connectivity index (χ4n) is 2.47. The Morgan fingerprint density at radius 2 is 1.90 bits per heavy atom. The van der Waals surface area contributed by atoms with E-state index in [4.69, 9.17) is 11.6 Å². The molecule has 1 saturated carbocycles. The molecule has 0 radical (unpaired) electrons. The van der Waals surface area contributed by atoms with Crippen LogP contribution >= 0.6 is 11.6 Å². The van der Waals surface area contributed by atoms with Gasteiger partial charge in [-0.2, -0.15) is 8.78 Å². The first-order valence-electron chi connectivity index (χ1n) is 6.39. The number of nitrogens with one attached hydrogen (secondary N) is 1. The predicted molar refractivity (Wildman–Crippen MR) is 75.1 cm³/mol. The maximum absolute atomic E-state index is 12.4. The topological polar surface area (TPSA) is 46.2 Å². The minimum absolute atomic E-state index is 0.255. The van der Waals surface area contributed by atoms with Crippen molar-refractivity contribution in [1.82, 2.24) is 0 Å². The van der Waals surface area contributed by atoms with Crippen molar-refractivity contribution in [3.63, 3.8) is 0 Å². The molecule has 1 aromatic carbocycles. The van der Waals surface area contributed by atoms with Gasteiger partial charge in [-0.05, 0) is 43.0 Å². The molecule has 2 rings (SSSR count). The molecule has 112 valence electrons. The predicted octanol–water partition coefficient (Wildman–Crippen LogP) is 3.50. The number of sulfone groups is 1. The largest absolute Gasteiger partial charge is 0.382 e. The highest BCUT2D eigenvalue weighted by Crippen LogP contribution is 2.30. The molecule has 1 aromatic rings. The molecule has 7 heteroatoms. The first-order valence-corrected chi connectivity index (χ1v) is 8.48. The van der Waals surface area contributed by atoms with Crippen molar-refractivity contribution in [3.05, 3.63) is 24.3 Å². The van der Waals surface area contributed by atoms with Gasteiger partial charge in [-0.25, -0.2) is 8.42 Å². The third-order valence-electron chi connectivity index (χ3n) is 3.63. The van der Waals surface area contributed by atoms with Crippen LogP contribution < -0.4 is 5.32 Å². The van der Waals surface area contributed by atoms with E-state index < -0.39 is 15.6 Å². The summed E-state index contributed by atoms with van der Waals surface area (Å²) in [5.41, 5.74) is 0.722. The van der Waals surface area contributed by atoms with Crippen LogP contribution in [-0.4, -0.2) is 26.1 Å². The molecule has 0 aliphatic heterocycles. The molecule has 0 spiro atoms. The molecule has 1 aliphatic carbocycles. The zero-order valence-corrected chi connectivity index (χ0v) is 12.3. The summed E-state index contributed by atoms with van der Waals surface area (Å²) < 4.78 is 47.4. The van der Waals surface area contributed by atoms with Crippen molar-refractivity contribution in [2.45, 2.75) is 36.0 Å². The minimum atomic E-state index is -4.52. The van der Waals surface area contributed by atoms with Crippen molar-refractivity contribution < 1.29 is 17.2 Å². The van der Waals surface area contributed by atoms with Crippen LogP contribution in [0.3, 0.4) is 0 Å². The number of hydrogen-bond acceptors (Lipinski definition) is 3. The van der Waals surface area contributed by atoms with E-state index in [0.717, 1.165) is 24.9 Å². The monoisotopic (exact) mass is 323 g/mol. The molecule has 1 N–H and O–H groups in total. The number of rotatable bonds is 5. The Balaban J connectivity index is 2.09. The Hall–Kier alpha value is -0.880. The lowest BCUT2D eigenvalue weighted by Crippen LogP contribution is -2.24. The van der Waals surface area contributed by atoms with Gasteiger partial charge in [0.25, 0.3) is 0 Å². The van der Waals surface area contributed by atoms with Crippen LogP contribution in [0.1, 0.15) is 19.3 Å². The molecular formula is C13H16ClF2NO2S. The molecule has 2 atom stereocenters. The highest BCUT2D eigenvalue weighted by molar-refractivity contribution is 7.91. The van der Waals surface area contributed by atoms with Crippen molar-refractivity contribution in [1.29, 1.82) is 0 Å². The van der Waals surface area contributed by atoms with Gasteiger partial charge < -0.3 is 5.32 Å². The Labute approximate surface area is 122 Å². The van der Waals surface area contributed by atoms with Crippen molar-refractivity contribution in [2.75, 3.05) is 11.2 Å². The fourth-order valence-corrected chi connectivity index (χ4v) is 3.56. The number of anilines is 1. The molecule has 0 amide bonds. The average molecular weight is 324 g/mol. The smallest absolute Gasteiger partial charge is 0.341 e. The van der Waals surface area contributed by atoms with Crippen LogP contribution in [0.25, 0.3) is 0 Å². The normalized spacial score (nSPS) is 23.2. The molecule has 2 unspecified atom stereocenters. The molecule has 1 aliphatic rings.